The quantitative estimate of drug-likeness (QED) is 0.404. The third kappa shape index (κ3) is 6.30. The summed E-state index contributed by atoms with van der Waals surface area (Å²) >= 11 is 0. The van der Waals surface area contributed by atoms with Gasteiger partial charge in [-0.1, -0.05) is 36.8 Å². The zero-order valence-electron chi connectivity index (χ0n) is 22.1. The molecule has 0 spiro atoms. The van der Waals surface area contributed by atoms with Crippen LogP contribution in [0.15, 0.2) is 42.5 Å². The van der Waals surface area contributed by atoms with E-state index in [1.54, 1.807) is 0 Å². The minimum atomic E-state index is -0.0337. The van der Waals surface area contributed by atoms with Crippen LogP contribution in [-0.4, -0.2) is 79.0 Å². The van der Waals surface area contributed by atoms with Gasteiger partial charge in [-0.3, -0.25) is 4.79 Å². The van der Waals surface area contributed by atoms with Gasteiger partial charge >= 0.3 is 0 Å². The molecule has 1 unspecified atom stereocenters. The van der Waals surface area contributed by atoms with Crippen LogP contribution in [0.25, 0.3) is 11.0 Å². The lowest BCUT2D eigenvalue weighted by atomic mass is 9.94. The van der Waals surface area contributed by atoms with E-state index in [1.165, 1.54) is 11.1 Å². The van der Waals surface area contributed by atoms with Gasteiger partial charge in [0.05, 0.1) is 11.0 Å². The fourth-order valence-corrected chi connectivity index (χ4v) is 4.89. The third-order valence-corrected chi connectivity index (χ3v) is 7.36. The molecule has 1 fully saturated rings. The first kappa shape index (κ1) is 25.4. The first-order valence-electron chi connectivity index (χ1n) is 13.0. The number of carbonyl (C=O) groups is 1. The summed E-state index contributed by atoms with van der Waals surface area (Å²) in [4.78, 5) is 25.1. The van der Waals surface area contributed by atoms with Crippen LogP contribution in [-0.2, 0) is 13.0 Å². The van der Waals surface area contributed by atoms with E-state index in [0.29, 0.717) is 0 Å². The molecule has 1 atom stereocenters. The van der Waals surface area contributed by atoms with Crippen LogP contribution in [0.1, 0.15) is 41.5 Å². The molecule has 2 heterocycles. The lowest BCUT2D eigenvalue weighted by molar-refractivity contribution is 0.0924. The fourth-order valence-electron chi connectivity index (χ4n) is 4.89. The summed E-state index contributed by atoms with van der Waals surface area (Å²) in [6, 6.07) is 14.5. The van der Waals surface area contributed by atoms with Crippen molar-refractivity contribution in [3.63, 3.8) is 0 Å². The second-order valence-electron chi connectivity index (χ2n) is 10.4. The average Bonchev–Trinajstić information content (AvgIpc) is 3.20. The summed E-state index contributed by atoms with van der Waals surface area (Å²) in [5.74, 6) is 1.28. The van der Waals surface area contributed by atoms with Gasteiger partial charge in [0.25, 0.3) is 0 Å². The van der Waals surface area contributed by atoms with Gasteiger partial charge in [-0.05, 0) is 51.6 Å². The molecule has 6 nitrogen and oxygen atoms in total. The van der Waals surface area contributed by atoms with Gasteiger partial charge in [0.2, 0.25) is 0 Å². The van der Waals surface area contributed by atoms with Crippen LogP contribution in [0.2, 0.25) is 0 Å². The highest BCUT2D eigenvalue weighted by Gasteiger charge is 2.19. The van der Waals surface area contributed by atoms with E-state index in [-0.39, 0.29) is 11.7 Å². The van der Waals surface area contributed by atoms with E-state index < -0.39 is 0 Å². The van der Waals surface area contributed by atoms with Crippen molar-refractivity contribution in [2.75, 3.05) is 58.8 Å². The Kier molecular flexibility index (Phi) is 8.24. The second-order valence-corrected chi connectivity index (χ2v) is 10.4. The van der Waals surface area contributed by atoms with E-state index in [1.807, 2.05) is 38.1 Å². The molecule has 188 valence electrons. The Morgan fingerprint density at radius 3 is 2.43 bits per heavy atom. The van der Waals surface area contributed by atoms with Crippen molar-refractivity contribution < 1.29 is 4.79 Å². The van der Waals surface area contributed by atoms with Gasteiger partial charge in [-0.2, -0.15) is 0 Å². The van der Waals surface area contributed by atoms with Crippen molar-refractivity contribution in [2.45, 2.75) is 39.7 Å². The number of carbonyl (C=O) groups excluding carboxylic acids is 1. The molecule has 0 radical (unpaired) electrons. The Morgan fingerprint density at radius 2 is 1.74 bits per heavy atom. The molecule has 0 aliphatic carbocycles. The number of rotatable bonds is 10. The minimum absolute atomic E-state index is 0.0337. The summed E-state index contributed by atoms with van der Waals surface area (Å²) in [7, 11) is 6.33. The van der Waals surface area contributed by atoms with Gasteiger partial charge in [0.15, 0.2) is 5.78 Å². The summed E-state index contributed by atoms with van der Waals surface area (Å²) in [5, 5.41) is 0. The Hall–Kier alpha value is -2.70. The van der Waals surface area contributed by atoms with Crippen LogP contribution < -0.4 is 4.90 Å². The van der Waals surface area contributed by atoms with Crippen LogP contribution in [0.4, 0.5) is 5.69 Å². The largest absolute Gasteiger partial charge is 0.378 e. The number of ketones is 1. The van der Waals surface area contributed by atoms with Crippen molar-refractivity contribution >= 4 is 22.5 Å². The first-order chi connectivity index (χ1) is 16.8. The van der Waals surface area contributed by atoms with Crippen molar-refractivity contribution in [3.05, 3.63) is 59.4 Å². The number of hydrogen-bond donors (Lipinski definition) is 0. The summed E-state index contributed by atoms with van der Waals surface area (Å²) < 4.78 is 2.40. The number of anilines is 1. The smallest absolute Gasteiger partial charge is 0.165 e. The van der Waals surface area contributed by atoms with Gasteiger partial charge in [-0.15, -0.1) is 0 Å². The first-order valence-corrected chi connectivity index (χ1v) is 13.0. The molecule has 1 aromatic heterocycles. The third-order valence-electron chi connectivity index (χ3n) is 7.36. The highest BCUT2D eigenvalue weighted by atomic mass is 16.1. The number of likely N-dealkylation sites (N-methyl/N-ethyl adjacent to an activating group) is 1. The number of fused-ring (bicyclic) bond motifs is 1. The maximum Gasteiger partial charge on any atom is 0.165 e. The van der Waals surface area contributed by atoms with Crippen LogP contribution in [0.5, 0.6) is 0 Å². The molecule has 6 heteroatoms. The average molecular weight is 476 g/mol. The van der Waals surface area contributed by atoms with Gasteiger partial charge < -0.3 is 19.3 Å². The number of hydrogen-bond acceptors (Lipinski definition) is 5. The van der Waals surface area contributed by atoms with Crippen molar-refractivity contribution in [2.24, 2.45) is 5.92 Å². The van der Waals surface area contributed by atoms with Crippen LogP contribution >= 0.6 is 0 Å². The molecule has 2 aromatic carbocycles. The van der Waals surface area contributed by atoms with Crippen LogP contribution in [0, 0.1) is 12.8 Å². The standard InChI is InChI=1S/C29H41N5O/c1-22-7-10-24(11-8-22)29(35)23(2)9-14-28-30-26-21-25(31(3)4)12-13-27(26)34(28)16-6-15-33-19-17-32(5)18-20-33/h7-8,10-13,21,23H,6,9,14-20H2,1-5H3. The molecule has 4 rings (SSSR count). The molecule has 0 bridgehead atoms. The summed E-state index contributed by atoms with van der Waals surface area (Å²) in [6.45, 7) is 10.8. The monoisotopic (exact) mass is 475 g/mol. The van der Waals surface area contributed by atoms with Gasteiger partial charge in [0.1, 0.15) is 5.82 Å². The Morgan fingerprint density at radius 1 is 1.03 bits per heavy atom. The number of imidazole rings is 1. The molecular weight excluding hydrogens is 434 g/mol. The van der Waals surface area contributed by atoms with Gasteiger partial charge in [0, 0.05) is 70.4 Å². The summed E-state index contributed by atoms with van der Waals surface area (Å²) in [6.07, 6.45) is 2.71. The molecule has 1 aliphatic heterocycles. The molecule has 1 aliphatic rings. The van der Waals surface area contributed by atoms with Crippen molar-refractivity contribution in [3.8, 4) is 0 Å². The molecule has 0 amide bonds. The molecule has 3 aromatic rings. The predicted octanol–water partition coefficient (Wildman–Crippen LogP) is 4.50. The molecule has 0 N–H and O–H groups in total. The van der Waals surface area contributed by atoms with Crippen molar-refractivity contribution in [1.29, 1.82) is 0 Å². The number of Topliss-reactive ketones (excluding diaryl/α,β-unsaturated/α-hetero) is 1. The maximum atomic E-state index is 13.0. The van der Waals surface area contributed by atoms with E-state index in [4.69, 9.17) is 4.98 Å². The minimum Gasteiger partial charge on any atom is -0.378 e. The number of nitrogens with zero attached hydrogens (tertiary/aromatic N) is 5. The second kappa shape index (κ2) is 11.4. The lowest BCUT2D eigenvalue weighted by Gasteiger charge is -2.32. The van der Waals surface area contributed by atoms with E-state index in [2.05, 4.69) is 58.6 Å². The Bertz CT molecular complexity index is 1130. The Balaban J connectivity index is 1.47. The SMILES string of the molecule is Cc1ccc(C(=O)C(C)CCc2nc3cc(N(C)C)ccc3n2CCCN2CCN(C)CC2)cc1. The fraction of sp³-hybridized carbons (Fsp3) is 0.517. The summed E-state index contributed by atoms with van der Waals surface area (Å²) in [5.41, 5.74) is 5.38. The number of aryl methyl sites for hydroxylation is 3. The molecule has 35 heavy (non-hydrogen) atoms. The van der Waals surface area contributed by atoms with E-state index in [0.717, 1.165) is 81.1 Å². The normalized spacial score (nSPS) is 16.0. The topological polar surface area (TPSA) is 44.6 Å². The van der Waals surface area contributed by atoms with E-state index in [9.17, 15) is 4.79 Å². The van der Waals surface area contributed by atoms with Crippen molar-refractivity contribution in [1.82, 2.24) is 19.4 Å². The maximum absolute atomic E-state index is 13.0. The number of aromatic nitrogens is 2. The molecule has 1 saturated heterocycles. The zero-order valence-corrected chi connectivity index (χ0v) is 22.1. The zero-order chi connectivity index (χ0) is 24.9. The molecular formula is C29H41N5O. The number of benzene rings is 2. The van der Waals surface area contributed by atoms with Crippen LogP contribution in [0.3, 0.4) is 0 Å². The van der Waals surface area contributed by atoms with Gasteiger partial charge in [-0.25, -0.2) is 4.98 Å². The predicted molar refractivity (Wildman–Crippen MR) is 146 cm³/mol. The van der Waals surface area contributed by atoms with E-state index >= 15 is 0 Å². The highest BCUT2D eigenvalue weighted by Crippen LogP contribution is 2.24. The highest BCUT2D eigenvalue weighted by molar-refractivity contribution is 5.97. The molecule has 0 saturated carbocycles. The lowest BCUT2D eigenvalue weighted by Crippen LogP contribution is -2.44. The Labute approximate surface area is 210 Å². The number of piperazine rings is 1.